The minimum Gasteiger partial charge on any atom is -0.448 e. The van der Waals surface area contributed by atoms with E-state index >= 15 is 0 Å². The second kappa shape index (κ2) is 7.46. The third-order valence-electron chi connectivity index (χ3n) is 5.55. The molecule has 1 amide bonds. The fraction of sp³-hybridized carbons (Fsp3) is 0.455. The van der Waals surface area contributed by atoms with E-state index in [1.165, 1.54) is 4.80 Å². The van der Waals surface area contributed by atoms with Gasteiger partial charge in [-0.2, -0.15) is 15.0 Å². The fourth-order valence-corrected chi connectivity index (χ4v) is 3.73. The Morgan fingerprint density at radius 2 is 1.86 bits per heavy atom. The Kier molecular flexibility index (Phi) is 4.98. The summed E-state index contributed by atoms with van der Waals surface area (Å²) in [5, 5.41) is 8.38. The molecule has 0 N–H and O–H groups in total. The van der Waals surface area contributed by atoms with E-state index in [-0.39, 0.29) is 23.3 Å². The summed E-state index contributed by atoms with van der Waals surface area (Å²) in [6.07, 6.45) is 6.83. The Morgan fingerprint density at radius 1 is 1.14 bits per heavy atom. The molecule has 0 saturated carbocycles. The molecule has 7 heteroatoms. The van der Waals surface area contributed by atoms with Gasteiger partial charge in [0.1, 0.15) is 6.26 Å². The first-order chi connectivity index (χ1) is 13.8. The zero-order chi connectivity index (χ0) is 20.6. The molecule has 1 aliphatic heterocycles. The molecule has 7 nitrogen and oxygen atoms in total. The molecule has 0 aliphatic carbocycles. The summed E-state index contributed by atoms with van der Waals surface area (Å²) < 4.78 is 5.81. The van der Waals surface area contributed by atoms with Crippen LogP contribution in [0, 0.1) is 0 Å². The van der Waals surface area contributed by atoms with Crippen molar-refractivity contribution in [1.29, 1.82) is 0 Å². The second-order valence-electron chi connectivity index (χ2n) is 8.74. The molecule has 1 saturated heterocycles. The number of amides is 1. The highest BCUT2D eigenvalue weighted by molar-refractivity contribution is 5.98. The van der Waals surface area contributed by atoms with E-state index < -0.39 is 0 Å². The van der Waals surface area contributed by atoms with E-state index in [9.17, 15) is 4.79 Å². The van der Waals surface area contributed by atoms with Gasteiger partial charge in [0.15, 0.2) is 5.89 Å². The predicted molar refractivity (Wildman–Crippen MR) is 109 cm³/mol. The van der Waals surface area contributed by atoms with Gasteiger partial charge in [0, 0.05) is 18.0 Å². The molecule has 1 fully saturated rings. The van der Waals surface area contributed by atoms with Gasteiger partial charge in [0.2, 0.25) is 0 Å². The van der Waals surface area contributed by atoms with Gasteiger partial charge in [-0.1, -0.05) is 32.9 Å². The highest BCUT2D eigenvalue weighted by atomic mass is 16.3. The highest BCUT2D eigenvalue weighted by Crippen LogP contribution is 2.33. The molecule has 2 atom stereocenters. The maximum Gasteiger partial charge on any atom is 0.256 e. The molecule has 3 aromatic rings. The topological polar surface area (TPSA) is 77.0 Å². The molecular formula is C22H27N5O2. The van der Waals surface area contributed by atoms with Crippen LogP contribution in [0.25, 0.3) is 5.69 Å². The molecule has 0 bridgehead atoms. The number of hydrogen-bond acceptors (Lipinski definition) is 5. The summed E-state index contributed by atoms with van der Waals surface area (Å²) in [4.78, 5) is 21.6. The van der Waals surface area contributed by atoms with Crippen LogP contribution in [0.4, 0.5) is 0 Å². The van der Waals surface area contributed by atoms with Crippen LogP contribution in [0.3, 0.4) is 0 Å². The van der Waals surface area contributed by atoms with Crippen LogP contribution >= 0.6 is 0 Å². The summed E-state index contributed by atoms with van der Waals surface area (Å²) in [6, 6.07) is 7.60. The van der Waals surface area contributed by atoms with Gasteiger partial charge >= 0.3 is 0 Å². The van der Waals surface area contributed by atoms with Gasteiger partial charge in [-0.05, 0) is 31.9 Å². The summed E-state index contributed by atoms with van der Waals surface area (Å²) in [5.74, 6) is 0.806. The fourth-order valence-electron chi connectivity index (χ4n) is 3.73. The van der Waals surface area contributed by atoms with E-state index in [0.29, 0.717) is 17.8 Å². The van der Waals surface area contributed by atoms with Crippen LogP contribution in [-0.4, -0.2) is 43.4 Å². The van der Waals surface area contributed by atoms with Crippen molar-refractivity contribution >= 4 is 5.91 Å². The van der Waals surface area contributed by atoms with Crippen molar-refractivity contribution in [2.24, 2.45) is 0 Å². The SMILES string of the molecule is CC1CCC(c2nc(C(C)(C)C)co2)CN1C(=O)c1ccccc1-n1nccn1. The average molecular weight is 393 g/mol. The van der Waals surface area contributed by atoms with Gasteiger partial charge < -0.3 is 9.32 Å². The molecule has 4 rings (SSSR count). The van der Waals surface area contributed by atoms with E-state index in [1.54, 1.807) is 18.7 Å². The lowest BCUT2D eigenvalue weighted by Crippen LogP contribution is -2.45. The number of carbonyl (C=O) groups is 1. The second-order valence-corrected chi connectivity index (χ2v) is 8.74. The quantitative estimate of drug-likeness (QED) is 0.673. The number of benzene rings is 1. The minimum atomic E-state index is -0.0606. The Labute approximate surface area is 170 Å². The number of likely N-dealkylation sites (tertiary alicyclic amines) is 1. The van der Waals surface area contributed by atoms with Gasteiger partial charge in [-0.15, -0.1) is 0 Å². The molecule has 0 radical (unpaired) electrons. The van der Waals surface area contributed by atoms with E-state index in [2.05, 4.69) is 37.9 Å². The van der Waals surface area contributed by atoms with Crippen molar-refractivity contribution in [2.75, 3.05) is 6.54 Å². The van der Waals surface area contributed by atoms with Gasteiger partial charge in [-0.25, -0.2) is 4.98 Å². The van der Waals surface area contributed by atoms with E-state index in [1.807, 2.05) is 29.2 Å². The third-order valence-corrected chi connectivity index (χ3v) is 5.55. The molecule has 0 spiro atoms. The van der Waals surface area contributed by atoms with Crippen molar-refractivity contribution in [2.45, 2.75) is 57.9 Å². The Hall–Kier alpha value is -2.96. The average Bonchev–Trinajstić information content (AvgIpc) is 3.40. The number of oxazole rings is 1. The summed E-state index contributed by atoms with van der Waals surface area (Å²) in [7, 11) is 0. The molecule has 2 unspecified atom stereocenters. The molecule has 152 valence electrons. The first-order valence-corrected chi connectivity index (χ1v) is 10.1. The first-order valence-electron chi connectivity index (χ1n) is 10.1. The largest absolute Gasteiger partial charge is 0.448 e. The first kappa shape index (κ1) is 19.4. The van der Waals surface area contributed by atoms with Crippen molar-refractivity contribution < 1.29 is 9.21 Å². The van der Waals surface area contributed by atoms with Crippen LogP contribution in [-0.2, 0) is 5.41 Å². The monoisotopic (exact) mass is 393 g/mol. The Balaban J connectivity index is 1.60. The van der Waals surface area contributed by atoms with Crippen LogP contribution in [0.5, 0.6) is 0 Å². The number of para-hydroxylation sites is 1. The van der Waals surface area contributed by atoms with Crippen molar-refractivity contribution in [1.82, 2.24) is 24.9 Å². The highest BCUT2D eigenvalue weighted by Gasteiger charge is 2.34. The maximum atomic E-state index is 13.5. The molecule has 1 aliphatic rings. The van der Waals surface area contributed by atoms with Crippen LogP contribution in [0.2, 0.25) is 0 Å². The zero-order valence-electron chi connectivity index (χ0n) is 17.4. The summed E-state index contributed by atoms with van der Waals surface area (Å²) in [6.45, 7) is 9.04. The van der Waals surface area contributed by atoms with Gasteiger partial charge in [0.05, 0.1) is 35.3 Å². The number of rotatable bonds is 3. The molecule has 2 aromatic heterocycles. The minimum absolute atomic E-state index is 0.0160. The van der Waals surface area contributed by atoms with Crippen molar-refractivity contribution in [3.05, 3.63) is 60.1 Å². The molecule has 29 heavy (non-hydrogen) atoms. The van der Waals surface area contributed by atoms with E-state index in [4.69, 9.17) is 9.40 Å². The summed E-state index contributed by atoms with van der Waals surface area (Å²) in [5.41, 5.74) is 2.16. The van der Waals surface area contributed by atoms with Crippen LogP contribution in [0.15, 0.2) is 47.3 Å². The number of hydrogen-bond donors (Lipinski definition) is 0. The number of carbonyl (C=O) groups excluding carboxylic acids is 1. The van der Waals surface area contributed by atoms with Crippen LogP contribution in [0.1, 0.15) is 68.4 Å². The maximum absolute atomic E-state index is 13.5. The number of piperidine rings is 1. The molecule has 3 heterocycles. The van der Waals surface area contributed by atoms with Crippen molar-refractivity contribution in [3.63, 3.8) is 0 Å². The number of nitrogens with zero attached hydrogens (tertiary/aromatic N) is 5. The predicted octanol–water partition coefficient (Wildman–Crippen LogP) is 3.96. The molecule has 1 aromatic carbocycles. The third kappa shape index (κ3) is 3.81. The lowest BCUT2D eigenvalue weighted by atomic mass is 9.91. The Morgan fingerprint density at radius 3 is 2.55 bits per heavy atom. The zero-order valence-corrected chi connectivity index (χ0v) is 17.4. The van der Waals surface area contributed by atoms with Gasteiger partial charge in [-0.3, -0.25) is 4.79 Å². The number of aromatic nitrogens is 4. The normalized spacial score (nSPS) is 20.1. The van der Waals surface area contributed by atoms with E-state index in [0.717, 1.165) is 24.4 Å². The standard InChI is InChI=1S/C22H27N5O2/c1-15-9-10-16(20-25-19(14-29-20)22(2,3)4)13-26(15)21(28)17-7-5-6-8-18(17)27-23-11-12-24-27/h5-8,11-12,14-16H,9-10,13H2,1-4H3. The lowest BCUT2D eigenvalue weighted by molar-refractivity contribution is 0.0596. The Bertz CT molecular complexity index is 987. The lowest BCUT2D eigenvalue weighted by Gasteiger charge is -2.37. The summed E-state index contributed by atoms with van der Waals surface area (Å²) >= 11 is 0. The molecular weight excluding hydrogens is 366 g/mol. The van der Waals surface area contributed by atoms with Crippen molar-refractivity contribution in [3.8, 4) is 5.69 Å². The smallest absolute Gasteiger partial charge is 0.256 e. The van der Waals surface area contributed by atoms with Gasteiger partial charge in [0.25, 0.3) is 5.91 Å². The van der Waals surface area contributed by atoms with Crippen LogP contribution < -0.4 is 0 Å².